The number of pyridine rings is 2. The molecule has 1 aliphatic carbocycles. The maximum absolute atomic E-state index is 13.6. The summed E-state index contributed by atoms with van der Waals surface area (Å²) in [4.78, 5) is 37.4. The van der Waals surface area contributed by atoms with E-state index in [0.717, 1.165) is 25.0 Å². The quantitative estimate of drug-likeness (QED) is 0.245. The third-order valence-corrected chi connectivity index (χ3v) is 6.42. The molecule has 2 aromatic carbocycles. The summed E-state index contributed by atoms with van der Waals surface area (Å²) in [7, 11) is 0. The van der Waals surface area contributed by atoms with Gasteiger partial charge in [-0.25, -0.2) is 9.97 Å². The average molecular weight is 559 g/mol. The van der Waals surface area contributed by atoms with Crippen molar-refractivity contribution in [1.29, 1.82) is 0 Å². The predicted molar refractivity (Wildman–Crippen MR) is 144 cm³/mol. The second-order valence-electron chi connectivity index (χ2n) is 9.48. The molecule has 0 bridgehead atoms. The summed E-state index contributed by atoms with van der Waals surface area (Å²) in [5.74, 6) is 0.592. The van der Waals surface area contributed by atoms with Crippen LogP contribution in [0.5, 0.6) is 11.5 Å². The number of aromatic nitrogens is 4. The van der Waals surface area contributed by atoms with Crippen molar-refractivity contribution in [2.45, 2.75) is 19.0 Å². The number of halogens is 3. The van der Waals surface area contributed by atoms with Gasteiger partial charge < -0.3 is 19.9 Å². The van der Waals surface area contributed by atoms with Gasteiger partial charge in [0.25, 0.3) is 5.91 Å². The molecule has 206 valence electrons. The minimum atomic E-state index is -4.62. The van der Waals surface area contributed by atoms with Gasteiger partial charge in [0.2, 0.25) is 5.91 Å². The van der Waals surface area contributed by atoms with Crippen LogP contribution in [0.25, 0.3) is 16.5 Å². The van der Waals surface area contributed by atoms with Crippen molar-refractivity contribution in [3.63, 3.8) is 0 Å². The number of alkyl halides is 3. The van der Waals surface area contributed by atoms with Crippen molar-refractivity contribution in [3.8, 4) is 17.2 Å². The van der Waals surface area contributed by atoms with Crippen LogP contribution in [0.2, 0.25) is 0 Å². The highest BCUT2D eigenvalue weighted by atomic mass is 19.4. The van der Waals surface area contributed by atoms with Crippen LogP contribution in [0.15, 0.2) is 85.7 Å². The first-order chi connectivity index (χ1) is 19.7. The number of nitrogens with zero attached hydrogens (tertiary/aromatic N) is 4. The van der Waals surface area contributed by atoms with E-state index >= 15 is 0 Å². The molecule has 0 spiro atoms. The van der Waals surface area contributed by atoms with E-state index < -0.39 is 17.6 Å². The second-order valence-corrected chi connectivity index (χ2v) is 9.48. The van der Waals surface area contributed by atoms with E-state index in [1.54, 1.807) is 36.4 Å². The van der Waals surface area contributed by atoms with Gasteiger partial charge in [-0.05, 0) is 66.8 Å². The largest absolute Gasteiger partial charge is 0.457 e. The Morgan fingerprint density at radius 3 is 2.46 bits per heavy atom. The highest BCUT2D eigenvalue weighted by Gasteiger charge is 2.32. The molecule has 0 atom stereocenters. The first-order valence-electron chi connectivity index (χ1n) is 12.6. The van der Waals surface area contributed by atoms with Gasteiger partial charge in [-0.15, -0.1) is 0 Å². The lowest BCUT2D eigenvalue weighted by Gasteiger charge is -2.14. The highest BCUT2D eigenvalue weighted by Crippen LogP contribution is 2.34. The molecule has 41 heavy (non-hydrogen) atoms. The van der Waals surface area contributed by atoms with Crippen molar-refractivity contribution >= 4 is 34.1 Å². The number of nitrogens with one attached hydrogen (secondary N) is 2. The molecule has 12 heteroatoms. The lowest BCUT2D eigenvalue weighted by Crippen LogP contribution is -2.15. The molecule has 1 aliphatic rings. The van der Waals surface area contributed by atoms with E-state index in [1.165, 1.54) is 41.7 Å². The van der Waals surface area contributed by atoms with Crippen LogP contribution >= 0.6 is 0 Å². The number of carbonyl (C=O) groups excluding carboxylic acids is 2. The number of carbonyl (C=O) groups is 2. The minimum absolute atomic E-state index is 0.0321. The molecule has 2 N–H and O–H groups in total. The SMILES string of the molecule is O=C(Nc1cc(-n2ccnc2)cc(C(F)(F)F)c1)c1nccc2cc(Oc3ccnc(NC(=O)C4CC4)c3)ccc12. The van der Waals surface area contributed by atoms with Gasteiger partial charge in [0.1, 0.15) is 23.0 Å². The van der Waals surface area contributed by atoms with Crippen molar-refractivity contribution in [2.75, 3.05) is 10.6 Å². The first kappa shape index (κ1) is 26.0. The summed E-state index contributed by atoms with van der Waals surface area (Å²) in [5.41, 5.74) is -0.746. The van der Waals surface area contributed by atoms with E-state index in [9.17, 15) is 22.8 Å². The number of benzene rings is 2. The minimum Gasteiger partial charge on any atom is -0.457 e. The Balaban J connectivity index is 1.24. The van der Waals surface area contributed by atoms with Crippen LogP contribution in [-0.4, -0.2) is 31.3 Å². The molecule has 3 aromatic heterocycles. The van der Waals surface area contributed by atoms with Gasteiger partial charge in [-0.2, -0.15) is 13.2 Å². The van der Waals surface area contributed by atoms with Gasteiger partial charge >= 0.3 is 6.18 Å². The third-order valence-electron chi connectivity index (χ3n) is 6.42. The molecule has 1 fully saturated rings. The molecule has 3 heterocycles. The summed E-state index contributed by atoms with van der Waals surface area (Å²) >= 11 is 0. The Morgan fingerprint density at radius 2 is 1.71 bits per heavy atom. The Hall–Kier alpha value is -5.26. The first-order valence-corrected chi connectivity index (χ1v) is 12.6. The standard InChI is InChI=1S/C29H21F3N6O3/c30-29(31,32)19-12-20(14-21(13-19)38-10-9-33-16-38)36-28(40)26-24-4-3-22(11-18(24)5-7-35-26)41-23-6-8-34-25(15-23)37-27(39)17-1-2-17/h3-17H,1-2H2,(H,36,40)(H,34,37,39). The fraction of sp³-hybridized carbons (Fsp3) is 0.138. The number of anilines is 2. The number of fused-ring (bicyclic) bond motifs is 1. The Labute approximate surface area is 231 Å². The summed E-state index contributed by atoms with van der Waals surface area (Å²) in [6.07, 6.45) is 4.40. The van der Waals surface area contributed by atoms with Crippen LogP contribution in [0, 0.1) is 5.92 Å². The topological polar surface area (TPSA) is 111 Å². The van der Waals surface area contributed by atoms with Crippen LogP contribution in [0.4, 0.5) is 24.7 Å². The highest BCUT2D eigenvalue weighted by molar-refractivity contribution is 6.11. The van der Waals surface area contributed by atoms with E-state index in [-0.39, 0.29) is 28.9 Å². The Kier molecular flexibility index (Phi) is 6.58. The fourth-order valence-corrected chi connectivity index (χ4v) is 4.25. The van der Waals surface area contributed by atoms with Gasteiger partial charge in [-0.3, -0.25) is 14.6 Å². The normalized spacial score (nSPS) is 13.1. The van der Waals surface area contributed by atoms with Gasteiger partial charge in [0, 0.05) is 53.5 Å². The predicted octanol–water partition coefficient (Wildman–Crippen LogP) is 6.23. The van der Waals surface area contributed by atoms with Crippen LogP contribution in [0.3, 0.4) is 0 Å². The van der Waals surface area contributed by atoms with Gasteiger partial charge in [-0.1, -0.05) is 0 Å². The van der Waals surface area contributed by atoms with Gasteiger partial charge in [0.15, 0.2) is 0 Å². The molecule has 0 aliphatic heterocycles. The zero-order valence-electron chi connectivity index (χ0n) is 21.2. The van der Waals surface area contributed by atoms with E-state index in [0.29, 0.717) is 28.1 Å². The monoisotopic (exact) mass is 558 g/mol. The lowest BCUT2D eigenvalue weighted by atomic mass is 10.1. The molecule has 2 amide bonds. The van der Waals surface area contributed by atoms with Crippen molar-refractivity contribution in [2.24, 2.45) is 5.92 Å². The van der Waals surface area contributed by atoms with Gasteiger partial charge in [0.05, 0.1) is 11.9 Å². The number of imidazole rings is 1. The Bertz CT molecular complexity index is 1770. The summed E-state index contributed by atoms with van der Waals surface area (Å²) in [6.45, 7) is 0. The van der Waals surface area contributed by atoms with Crippen molar-refractivity contribution in [3.05, 3.63) is 97.0 Å². The van der Waals surface area contributed by atoms with Crippen LogP contribution in [-0.2, 0) is 11.0 Å². The van der Waals surface area contributed by atoms with Crippen molar-refractivity contribution in [1.82, 2.24) is 19.5 Å². The van der Waals surface area contributed by atoms with Crippen LogP contribution in [0.1, 0.15) is 28.9 Å². The summed E-state index contributed by atoms with van der Waals surface area (Å²) < 4.78 is 48.1. The third kappa shape index (κ3) is 5.86. The molecule has 5 aromatic rings. The van der Waals surface area contributed by atoms with E-state index in [4.69, 9.17) is 4.74 Å². The number of hydrogen-bond acceptors (Lipinski definition) is 6. The molecule has 9 nitrogen and oxygen atoms in total. The molecule has 6 rings (SSSR count). The average Bonchev–Trinajstić information content (AvgIpc) is 3.66. The zero-order valence-corrected chi connectivity index (χ0v) is 21.2. The summed E-state index contributed by atoms with van der Waals surface area (Å²) in [5, 5.41) is 6.42. The molecule has 0 unspecified atom stereocenters. The molecular weight excluding hydrogens is 537 g/mol. The maximum atomic E-state index is 13.6. The Morgan fingerprint density at radius 1 is 0.902 bits per heavy atom. The number of hydrogen-bond donors (Lipinski definition) is 2. The summed E-state index contributed by atoms with van der Waals surface area (Å²) in [6, 6.07) is 13.2. The second kappa shape index (κ2) is 10.4. The molecular formula is C29H21F3N6O3. The number of rotatable bonds is 7. The molecule has 0 saturated heterocycles. The van der Waals surface area contributed by atoms with Crippen LogP contribution < -0.4 is 15.4 Å². The molecule has 0 radical (unpaired) electrons. The number of ether oxygens (including phenoxy) is 1. The smallest absolute Gasteiger partial charge is 0.416 e. The van der Waals surface area contributed by atoms with E-state index in [2.05, 4.69) is 25.6 Å². The maximum Gasteiger partial charge on any atom is 0.416 e. The zero-order chi connectivity index (χ0) is 28.6. The fourth-order valence-electron chi connectivity index (χ4n) is 4.25. The lowest BCUT2D eigenvalue weighted by molar-refractivity contribution is -0.137. The van der Waals surface area contributed by atoms with Crippen molar-refractivity contribution < 1.29 is 27.5 Å². The molecule has 1 saturated carbocycles. The van der Waals surface area contributed by atoms with E-state index in [1.807, 2.05) is 0 Å². The number of amides is 2.